The third-order valence-electron chi connectivity index (χ3n) is 2.55. The molecule has 0 unspecified atom stereocenters. The van der Waals surface area contributed by atoms with Gasteiger partial charge in [-0.05, 0) is 31.3 Å². The van der Waals surface area contributed by atoms with Crippen molar-refractivity contribution in [2.45, 2.75) is 33.1 Å². The number of nitrogens with zero attached hydrogens (tertiary/aromatic N) is 1. The zero-order chi connectivity index (χ0) is 9.03. The first kappa shape index (κ1) is 9.61. The third-order valence-corrected chi connectivity index (χ3v) is 2.55. The van der Waals surface area contributed by atoms with Crippen LogP contribution in [0.2, 0.25) is 0 Å². The number of unbranched alkanes of at least 4 members (excludes halogenated alkanes) is 1. The maximum Gasteiger partial charge on any atom is 0.00982 e. The van der Waals surface area contributed by atoms with Crippen molar-refractivity contribution in [3.8, 4) is 12.3 Å². The van der Waals surface area contributed by atoms with Crippen LogP contribution < -0.4 is 0 Å². The first-order valence-corrected chi connectivity index (χ1v) is 4.80. The van der Waals surface area contributed by atoms with E-state index in [0.717, 1.165) is 12.8 Å². The molecule has 0 spiro atoms. The van der Waals surface area contributed by atoms with Gasteiger partial charge in [-0.15, -0.1) is 12.3 Å². The van der Waals surface area contributed by atoms with Crippen molar-refractivity contribution in [2.24, 2.45) is 5.41 Å². The Morgan fingerprint density at radius 1 is 1.50 bits per heavy atom. The monoisotopic (exact) mass is 165 g/mol. The minimum Gasteiger partial charge on any atom is -0.303 e. The molecule has 0 aliphatic carbocycles. The van der Waals surface area contributed by atoms with Crippen LogP contribution in [0.1, 0.15) is 33.1 Å². The molecule has 0 radical (unpaired) electrons. The van der Waals surface area contributed by atoms with Gasteiger partial charge in [0.05, 0.1) is 0 Å². The molecule has 0 bridgehead atoms. The van der Waals surface area contributed by atoms with E-state index in [4.69, 9.17) is 6.42 Å². The van der Waals surface area contributed by atoms with E-state index in [2.05, 4.69) is 24.7 Å². The van der Waals surface area contributed by atoms with Gasteiger partial charge in [0, 0.05) is 13.0 Å². The molecule has 0 amide bonds. The van der Waals surface area contributed by atoms with Crippen LogP contribution in [0.5, 0.6) is 0 Å². The van der Waals surface area contributed by atoms with E-state index in [1.807, 2.05) is 0 Å². The Labute approximate surface area is 76.1 Å². The van der Waals surface area contributed by atoms with Gasteiger partial charge in [-0.25, -0.2) is 0 Å². The molecule has 0 atom stereocenters. The Balaban J connectivity index is 2.16. The molecular weight excluding hydrogens is 146 g/mol. The summed E-state index contributed by atoms with van der Waals surface area (Å²) in [6, 6.07) is 0. The van der Waals surface area contributed by atoms with Gasteiger partial charge in [-0.3, -0.25) is 0 Å². The van der Waals surface area contributed by atoms with Gasteiger partial charge in [-0.1, -0.05) is 13.8 Å². The quantitative estimate of drug-likeness (QED) is 0.457. The van der Waals surface area contributed by atoms with E-state index in [0.29, 0.717) is 5.41 Å². The van der Waals surface area contributed by atoms with Crippen molar-refractivity contribution in [3.05, 3.63) is 0 Å². The molecular formula is C11H19N. The third kappa shape index (κ3) is 2.87. The van der Waals surface area contributed by atoms with Crippen molar-refractivity contribution in [1.82, 2.24) is 4.90 Å². The van der Waals surface area contributed by atoms with Crippen LogP contribution in [0.4, 0.5) is 0 Å². The zero-order valence-corrected chi connectivity index (χ0v) is 8.27. The van der Waals surface area contributed by atoms with Crippen molar-refractivity contribution >= 4 is 0 Å². The number of likely N-dealkylation sites (tertiary alicyclic amines) is 1. The fourth-order valence-electron chi connectivity index (χ4n) is 1.82. The second-order valence-electron chi connectivity index (χ2n) is 4.50. The van der Waals surface area contributed by atoms with Gasteiger partial charge >= 0.3 is 0 Å². The van der Waals surface area contributed by atoms with Crippen LogP contribution >= 0.6 is 0 Å². The molecule has 0 aromatic heterocycles. The largest absolute Gasteiger partial charge is 0.303 e. The van der Waals surface area contributed by atoms with Crippen LogP contribution in [0.3, 0.4) is 0 Å². The number of hydrogen-bond acceptors (Lipinski definition) is 1. The van der Waals surface area contributed by atoms with E-state index in [-0.39, 0.29) is 0 Å². The normalized spacial score (nSPS) is 22.4. The summed E-state index contributed by atoms with van der Waals surface area (Å²) >= 11 is 0. The van der Waals surface area contributed by atoms with Crippen LogP contribution in [-0.4, -0.2) is 24.5 Å². The molecule has 0 aromatic rings. The fourth-order valence-corrected chi connectivity index (χ4v) is 1.82. The lowest BCUT2D eigenvalue weighted by Crippen LogP contribution is -2.24. The lowest BCUT2D eigenvalue weighted by molar-refractivity contribution is 0.289. The first-order valence-electron chi connectivity index (χ1n) is 4.80. The maximum absolute atomic E-state index is 5.20. The minimum atomic E-state index is 0.538. The average Bonchev–Trinajstić information content (AvgIpc) is 2.31. The van der Waals surface area contributed by atoms with Gasteiger partial charge in [0.1, 0.15) is 0 Å². The van der Waals surface area contributed by atoms with E-state index in [9.17, 15) is 0 Å². The topological polar surface area (TPSA) is 3.24 Å². The van der Waals surface area contributed by atoms with E-state index < -0.39 is 0 Å². The van der Waals surface area contributed by atoms with Crippen LogP contribution in [0, 0.1) is 17.8 Å². The standard InChI is InChI=1S/C11H19N/c1-4-5-6-8-12-9-7-11(2,3)10-12/h1H,5-10H2,2-3H3. The number of hydrogen-bond donors (Lipinski definition) is 0. The molecule has 68 valence electrons. The summed E-state index contributed by atoms with van der Waals surface area (Å²) in [6.45, 7) is 8.38. The molecule has 1 aliphatic heterocycles. The van der Waals surface area contributed by atoms with Crippen LogP contribution in [0.15, 0.2) is 0 Å². The van der Waals surface area contributed by atoms with Gasteiger partial charge in [-0.2, -0.15) is 0 Å². The molecule has 1 heterocycles. The summed E-state index contributed by atoms with van der Waals surface area (Å²) in [4.78, 5) is 2.53. The zero-order valence-electron chi connectivity index (χ0n) is 8.27. The molecule has 0 N–H and O–H groups in total. The van der Waals surface area contributed by atoms with Crippen molar-refractivity contribution in [1.29, 1.82) is 0 Å². The van der Waals surface area contributed by atoms with Gasteiger partial charge in [0.15, 0.2) is 0 Å². The summed E-state index contributed by atoms with van der Waals surface area (Å²) < 4.78 is 0. The Morgan fingerprint density at radius 3 is 2.75 bits per heavy atom. The van der Waals surface area contributed by atoms with Crippen LogP contribution in [0.25, 0.3) is 0 Å². The minimum absolute atomic E-state index is 0.538. The van der Waals surface area contributed by atoms with Crippen molar-refractivity contribution in [2.75, 3.05) is 19.6 Å². The highest BCUT2D eigenvalue weighted by Crippen LogP contribution is 2.28. The molecule has 0 aromatic carbocycles. The van der Waals surface area contributed by atoms with Crippen LogP contribution in [-0.2, 0) is 0 Å². The molecule has 1 fully saturated rings. The average molecular weight is 165 g/mol. The summed E-state index contributed by atoms with van der Waals surface area (Å²) in [5.74, 6) is 2.69. The maximum atomic E-state index is 5.20. The van der Waals surface area contributed by atoms with E-state index >= 15 is 0 Å². The Kier molecular flexibility index (Phi) is 3.17. The lowest BCUT2D eigenvalue weighted by Gasteiger charge is -2.18. The summed E-state index contributed by atoms with van der Waals surface area (Å²) in [5, 5.41) is 0. The van der Waals surface area contributed by atoms with Gasteiger partial charge in [0.2, 0.25) is 0 Å². The number of terminal acetylenes is 1. The molecule has 0 saturated carbocycles. The second kappa shape index (κ2) is 3.96. The smallest absolute Gasteiger partial charge is 0.00982 e. The highest BCUT2D eigenvalue weighted by Gasteiger charge is 2.28. The summed E-state index contributed by atoms with van der Waals surface area (Å²) in [7, 11) is 0. The Bertz CT molecular complexity index is 176. The van der Waals surface area contributed by atoms with Gasteiger partial charge in [0.25, 0.3) is 0 Å². The lowest BCUT2D eigenvalue weighted by atomic mass is 9.93. The Morgan fingerprint density at radius 2 is 2.25 bits per heavy atom. The molecule has 1 nitrogen and oxygen atoms in total. The highest BCUT2D eigenvalue weighted by atomic mass is 15.1. The molecule has 1 saturated heterocycles. The predicted molar refractivity (Wildman–Crippen MR) is 52.9 cm³/mol. The van der Waals surface area contributed by atoms with E-state index in [1.54, 1.807) is 0 Å². The van der Waals surface area contributed by atoms with Gasteiger partial charge < -0.3 is 4.90 Å². The highest BCUT2D eigenvalue weighted by molar-refractivity contribution is 4.86. The first-order chi connectivity index (χ1) is 5.64. The summed E-state index contributed by atoms with van der Waals surface area (Å²) in [6.07, 6.45) is 8.62. The fraction of sp³-hybridized carbons (Fsp3) is 0.818. The molecule has 1 aliphatic rings. The predicted octanol–water partition coefficient (Wildman–Crippen LogP) is 2.13. The second-order valence-corrected chi connectivity index (χ2v) is 4.50. The molecule has 1 heteroatoms. The molecule has 1 rings (SSSR count). The van der Waals surface area contributed by atoms with Crippen molar-refractivity contribution < 1.29 is 0 Å². The van der Waals surface area contributed by atoms with Crippen molar-refractivity contribution in [3.63, 3.8) is 0 Å². The SMILES string of the molecule is C#CCCCN1CCC(C)(C)C1. The Hall–Kier alpha value is -0.480. The summed E-state index contributed by atoms with van der Waals surface area (Å²) in [5.41, 5.74) is 0.538. The van der Waals surface area contributed by atoms with E-state index in [1.165, 1.54) is 26.1 Å². The number of rotatable bonds is 3. The molecule has 12 heavy (non-hydrogen) atoms.